The molecule has 0 aliphatic rings. The van der Waals surface area contributed by atoms with Crippen LogP contribution in [0.15, 0.2) is 59.5 Å². The maximum atomic E-state index is 11.2. The fourth-order valence-electron chi connectivity index (χ4n) is 1.88. The minimum atomic E-state index is -1.01. The van der Waals surface area contributed by atoms with Crippen LogP contribution >= 0.6 is 0 Å². The van der Waals surface area contributed by atoms with Crippen molar-refractivity contribution >= 4 is 23.0 Å². The van der Waals surface area contributed by atoms with Crippen LogP contribution in [-0.4, -0.2) is 18.4 Å². The van der Waals surface area contributed by atoms with E-state index in [9.17, 15) is 9.59 Å². The molecule has 0 bridgehead atoms. The summed E-state index contributed by atoms with van der Waals surface area (Å²) in [4.78, 5) is 23.0. The molecular weight excluding hydrogens is 300 g/mol. The Morgan fingerprint density at radius 1 is 1.00 bits per heavy atom. The van der Waals surface area contributed by atoms with Gasteiger partial charge in [0.15, 0.2) is 4.90 Å². The molecule has 2 rings (SSSR count). The lowest BCUT2D eigenvalue weighted by Crippen LogP contribution is -2.13. The van der Waals surface area contributed by atoms with Gasteiger partial charge < -0.3 is 9.47 Å². The van der Waals surface area contributed by atoms with E-state index in [0.29, 0.717) is 5.75 Å². The number of carbonyl (C=O) groups excluding carboxylic acids is 2. The molecule has 0 saturated heterocycles. The highest BCUT2D eigenvalue weighted by Gasteiger charge is 2.17. The monoisotopic (exact) mass is 317 g/mol. The number of hydrogen-bond acceptors (Lipinski definition) is 4. The van der Waals surface area contributed by atoms with Gasteiger partial charge in [-0.05, 0) is 24.3 Å². The molecule has 114 valence electrons. The summed E-state index contributed by atoms with van der Waals surface area (Å²) in [5.41, 5.74) is 1.29. The van der Waals surface area contributed by atoms with Crippen LogP contribution in [0.5, 0.6) is 5.75 Å². The molecule has 2 aromatic rings. The van der Waals surface area contributed by atoms with Crippen molar-refractivity contribution in [1.82, 2.24) is 0 Å². The first kappa shape index (κ1) is 16.1. The molecule has 0 radical (unpaired) electrons. The molecule has 2 aromatic carbocycles. The quantitative estimate of drug-likeness (QED) is 0.374. The summed E-state index contributed by atoms with van der Waals surface area (Å²) in [6.07, 6.45) is 1.16. The van der Waals surface area contributed by atoms with Gasteiger partial charge in [-0.1, -0.05) is 30.3 Å². The predicted octanol–water partition coefficient (Wildman–Crippen LogP) is 3.56. The minimum Gasteiger partial charge on any atom is -0.395 e. The van der Waals surface area contributed by atoms with Crippen molar-refractivity contribution in [2.24, 2.45) is 0 Å². The van der Waals surface area contributed by atoms with Crippen molar-refractivity contribution in [2.75, 3.05) is 6.26 Å². The van der Waals surface area contributed by atoms with Crippen molar-refractivity contribution < 1.29 is 19.1 Å². The zero-order chi connectivity index (χ0) is 15.9. The normalized spacial score (nSPS) is 11.5. The van der Waals surface area contributed by atoms with E-state index >= 15 is 0 Å². The van der Waals surface area contributed by atoms with Crippen LogP contribution < -0.4 is 4.74 Å². The van der Waals surface area contributed by atoms with Gasteiger partial charge in [0.05, 0.1) is 0 Å². The first-order valence-electron chi connectivity index (χ1n) is 6.71. The maximum absolute atomic E-state index is 11.2. The lowest BCUT2D eigenvalue weighted by Gasteiger charge is -2.05. The smallest absolute Gasteiger partial charge is 0.395 e. The zero-order valence-corrected chi connectivity index (χ0v) is 13.3. The number of ether oxygens (including phenoxy) is 2. The third kappa shape index (κ3) is 4.93. The second-order valence-electron chi connectivity index (χ2n) is 4.68. The van der Waals surface area contributed by atoms with Gasteiger partial charge >= 0.3 is 12.1 Å². The van der Waals surface area contributed by atoms with E-state index in [1.54, 1.807) is 12.1 Å². The summed E-state index contributed by atoms with van der Waals surface area (Å²) >= 11 is 0. The summed E-state index contributed by atoms with van der Waals surface area (Å²) in [5.74, 6) is 0.624. The zero-order valence-electron chi connectivity index (χ0n) is 12.4. The van der Waals surface area contributed by atoms with E-state index in [4.69, 9.17) is 4.74 Å². The molecule has 0 spiro atoms. The molecule has 22 heavy (non-hydrogen) atoms. The molecule has 1 atom stereocenters. The highest BCUT2D eigenvalue weighted by Crippen LogP contribution is 2.20. The van der Waals surface area contributed by atoms with Crippen molar-refractivity contribution in [1.29, 1.82) is 0 Å². The standard InChI is InChI=1S/C17H17O4S/c1-13(18)20-17(19)21-15-8-10-16(11-9-15)22(2)12-14-6-4-3-5-7-14/h3-11H,12H2,1-2H3/q+1. The highest BCUT2D eigenvalue weighted by atomic mass is 32.2. The summed E-state index contributed by atoms with van der Waals surface area (Å²) in [7, 11) is 0.0597. The van der Waals surface area contributed by atoms with Gasteiger partial charge in [-0.2, -0.15) is 0 Å². The average Bonchev–Trinajstić information content (AvgIpc) is 2.48. The van der Waals surface area contributed by atoms with Crippen molar-refractivity contribution in [3.8, 4) is 5.75 Å². The molecule has 0 aliphatic carbocycles. The van der Waals surface area contributed by atoms with Gasteiger partial charge in [-0.15, -0.1) is 0 Å². The van der Waals surface area contributed by atoms with Crippen LogP contribution in [0.1, 0.15) is 12.5 Å². The predicted molar refractivity (Wildman–Crippen MR) is 85.9 cm³/mol. The van der Waals surface area contributed by atoms with Crippen LogP contribution in [0, 0.1) is 0 Å². The van der Waals surface area contributed by atoms with E-state index in [0.717, 1.165) is 12.7 Å². The van der Waals surface area contributed by atoms with Gasteiger partial charge in [0.2, 0.25) is 0 Å². The van der Waals surface area contributed by atoms with Crippen molar-refractivity contribution in [3.63, 3.8) is 0 Å². The first-order valence-corrected chi connectivity index (χ1v) is 8.51. The van der Waals surface area contributed by atoms with Gasteiger partial charge in [0, 0.05) is 23.4 Å². The fraction of sp³-hybridized carbons (Fsp3) is 0.176. The number of hydrogen-bond donors (Lipinski definition) is 0. The number of carbonyl (C=O) groups is 2. The third-order valence-electron chi connectivity index (χ3n) is 2.88. The summed E-state index contributed by atoms with van der Waals surface area (Å²) < 4.78 is 9.21. The Kier molecular flexibility index (Phi) is 5.61. The Morgan fingerprint density at radius 2 is 1.64 bits per heavy atom. The topological polar surface area (TPSA) is 52.6 Å². The van der Waals surface area contributed by atoms with Crippen molar-refractivity contribution in [3.05, 3.63) is 60.2 Å². The Labute approximate surface area is 132 Å². The SMILES string of the molecule is CC(=O)OC(=O)Oc1ccc([S+](C)Cc2ccccc2)cc1. The van der Waals surface area contributed by atoms with E-state index < -0.39 is 12.1 Å². The maximum Gasteiger partial charge on any atom is 0.521 e. The molecule has 4 nitrogen and oxygen atoms in total. The Balaban J connectivity index is 1.96. The van der Waals surface area contributed by atoms with Gasteiger partial charge in [-0.3, -0.25) is 4.79 Å². The first-order chi connectivity index (χ1) is 10.5. The molecule has 1 unspecified atom stereocenters. The number of esters is 1. The van der Waals surface area contributed by atoms with Gasteiger partial charge in [0.25, 0.3) is 0 Å². The Morgan fingerprint density at radius 3 is 2.23 bits per heavy atom. The fourth-order valence-corrected chi connectivity index (χ4v) is 3.34. The number of benzene rings is 2. The molecular formula is C17H17O4S+. The molecule has 0 heterocycles. The molecule has 0 N–H and O–H groups in total. The van der Waals surface area contributed by atoms with E-state index in [2.05, 4.69) is 23.1 Å². The third-order valence-corrected chi connectivity index (χ3v) is 4.72. The molecule has 5 heteroatoms. The van der Waals surface area contributed by atoms with Crippen LogP contribution in [-0.2, 0) is 26.2 Å². The van der Waals surface area contributed by atoms with E-state index in [-0.39, 0.29) is 10.9 Å². The van der Waals surface area contributed by atoms with Crippen LogP contribution in [0.2, 0.25) is 0 Å². The van der Waals surface area contributed by atoms with Crippen LogP contribution in [0.4, 0.5) is 4.79 Å². The minimum absolute atomic E-state index is 0.0597. The Bertz CT molecular complexity index is 637. The molecule has 0 aromatic heterocycles. The lowest BCUT2D eigenvalue weighted by atomic mass is 10.2. The number of rotatable bonds is 4. The highest BCUT2D eigenvalue weighted by molar-refractivity contribution is 7.95. The summed E-state index contributed by atoms with van der Waals surface area (Å²) in [6, 6.07) is 17.5. The lowest BCUT2D eigenvalue weighted by molar-refractivity contribution is -0.136. The molecule has 0 saturated carbocycles. The molecule has 0 aliphatic heterocycles. The van der Waals surface area contributed by atoms with Crippen molar-refractivity contribution in [2.45, 2.75) is 17.6 Å². The Hall–Kier alpha value is -2.27. The molecule has 0 fully saturated rings. The van der Waals surface area contributed by atoms with E-state index in [1.165, 1.54) is 10.5 Å². The second-order valence-corrected chi connectivity index (χ2v) is 6.72. The summed E-state index contributed by atoms with van der Waals surface area (Å²) in [6.45, 7) is 1.15. The average molecular weight is 317 g/mol. The van der Waals surface area contributed by atoms with E-state index in [1.807, 2.05) is 30.3 Å². The van der Waals surface area contributed by atoms with Gasteiger partial charge in [0.1, 0.15) is 17.8 Å². The van der Waals surface area contributed by atoms with Crippen LogP contribution in [0.3, 0.4) is 0 Å². The second kappa shape index (κ2) is 7.66. The molecule has 0 amide bonds. The van der Waals surface area contributed by atoms with Crippen LogP contribution in [0.25, 0.3) is 0 Å². The van der Waals surface area contributed by atoms with Gasteiger partial charge in [-0.25, -0.2) is 4.79 Å². The summed E-state index contributed by atoms with van der Waals surface area (Å²) in [5, 5.41) is 0. The largest absolute Gasteiger partial charge is 0.521 e.